The van der Waals surface area contributed by atoms with Gasteiger partial charge < -0.3 is 14.4 Å². The number of piperidine rings is 1. The second kappa shape index (κ2) is 8.67. The number of hydrogen-bond donors (Lipinski definition) is 0. The predicted octanol–water partition coefficient (Wildman–Crippen LogP) is 2.89. The molecule has 0 aromatic heterocycles. The molecule has 1 aliphatic rings. The molecule has 1 aromatic carbocycles. The molecule has 1 amide bonds. The molecular weight excluding hydrogens is 294 g/mol. The van der Waals surface area contributed by atoms with Gasteiger partial charge in [-0.3, -0.25) is 4.79 Å². The number of nitrogens with zero attached hydrogens (tertiary/aromatic N) is 1. The second-order valence-corrected chi connectivity index (χ2v) is 5.85. The molecule has 1 aromatic rings. The van der Waals surface area contributed by atoms with E-state index in [1.165, 1.54) is 13.5 Å². The van der Waals surface area contributed by atoms with Crippen molar-refractivity contribution in [3.63, 3.8) is 0 Å². The van der Waals surface area contributed by atoms with Gasteiger partial charge in [0.2, 0.25) is 0 Å². The molecule has 2 rings (SSSR count). The molecule has 1 heterocycles. The van der Waals surface area contributed by atoms with Crippen LogP contribution in [0, 0.1) is 0 Å². The monoisotopic (exact) mass is 319 g/mol. The molecule has 23 heavy (non-hydrogen) atoms. The van der Waals surface area contributed by atoms with Gasteiger partial charge in [0.15, 0.2) is 0 Å². The Kier molecular flexibility index (Phi) is 6.59. The third kappa shape index (κ3) is 4.55. The second-order valence-electron chi connectivity index (χ2n) is 5.85. The number of methoxy groups -OCH3 is 2. The van der Waals surface area contributed by atoms with Crippen LogP contribution >= 0.6 is 0 Å². The van der Waals surface area contributed by atoms with E-state index in [2.05, 4.69) is 4.74 Å². The number of carbonyl (C=O) groups is 2. The molecular formula is C18H25NO4. The lowest BCUT2D eigenvalue weighted by atomic mass is 9.97. The minimum Gasteiger partial charge on any atom is -0.465 e. The molecule has 0 aliphatic carbocycles. The van der Waals surface area contributed by atoms with Gasteiger partial charge in [-0.1, -0.05) is 0 Å². The van der Waals surface area contributed by atoms with Crippen molar-refractivity contribution < 1.29 is 19.1 Å². The van der Waals surface area contributed by atoms with Gasteiger partial charge in [0.05, 0.1) is 12.7 Å². The maximum Gasteiger partial charge on any atom is 0.337 e. The number of likely N-dealkylation sites (tertiary alicyclic amines) is 1. The van der Waals surface area contributed by atoms with Crippen molar-refractivity contribution in [2.45, 2.75) is 38.1 Å². The van der Waals surface area contributed by atoms with Crippen molar-refractivity contribution >= 4 is 11.9 Å². The van der Waals surface area contributed by atoms with Gasteiger partial charge >= 0.3 is 5.97 Å². The summed E-state index contributed by atoms with van der Waals surface area (Å²) in [6.45, 7) is 1.53. The lowest BCUT2D eigenvalue weighted by Gasteiger charge is -2.36. The molecule has 1 saturated heterocycles. The summed E-state index contributed by atoms with van der Waals surface area (Å²) in [6.07, 6.45) is 5.21. The van der Waals surface area contributed by atoms with Crippen LogP contribution in [0.3, 0.4) is 0 Å². The summed E-state index contributed by atoms with van der Waals surface area (Å²) in [4.78, 5) is 26.2. The SMILES string of the molecule is COCCC[C@H]1CCCCN1C(=O)c1ccc(C(=O)OC)cc1. The quantitative estimate of drug-likeness (QED) is 0.597. The molecule has 0 bridgehead atoms. The highest BCUT2D eigenvalue weighted by atomic mass is 16.5. The maximum absolute atomic E-state index is 12.8. The normalized spacial score (nSPS) is 17.8. The summed E-state index contributed by atoms with van der Waals surface area (Å²) in [6, 6.07) is 6.98. The van der Waals surface area contributed by atoms with E-state index in [4.69, 9.17) is 4.74 Å². The number of amides is 1. The van der Waals surface area contributed by atoms with Crippen molar-refractivity contribution in [1.82, 2.24) is 4.90 Å². The molecule has 5 heteroatoms. The number of benzene rings is 1. The van der Waals surface area contributed by atoms with Crippen molar-refractivity contribution in [3.8, 4) is 0 Å². The zero-order chi connectivity index (χ0) is 16.7. The van der Waals surface area contributed by atoms with E-state index >= 15 is 0 Å². The van der Waals surface area contributed by atoms with Gasteiger partial charge in [-0.05, 0) is 56.4 Å². The van der Waals surface area contributed by atoms with Crippen LogP contribution in [0.5, 0.6) is 0 Å². The highest BCUT2D eigenvalue weighted by Gasteiger charge is 2.27. The Morgan fingerprint density at radius 2 is 1.83 bits per heavy atom. The van der Waals surface area contributed by atoms with Crippen molar-refractivity contribution in [3.05, 3.63) is 35.4 Å². The van der Waals surface area contributed by atoms with E-state index in [-0.39, 0.29) is 17.9 Å². The maximum atomic E-state index is 12.8. The third-order valence-electron chi connectivity index (χ3n) is 4.33. The minimum absolute atomic E-state index is 0.0449. The summed E-state index contributed by atoms with van der Waals surface area (Å²) in [5.41, 5.74) is 1.08. The zero-order valence-corrected chi connectivity index (χ0v) is 13.9. The summed E-state index contributed by atoms with van der Waals surface area (Å²) in [7, 11) is 3.05. The number of hydrogen-bond acceptors (Lipinski definition) is 4. The molecule has 5 nitrogen and oxygen atoms in total. The fraction of sp³-hybridized carbons (Fsp3) is 0.556. The van der Waals surface area contributed by atoms with Gasteiger partial charge in [-0.15, -0.1) is 0 Å². The Morgan fingerprint density at radius 3 is 2.48 bits per heavy atom. The van der Waals surface area contributed by atoms with Crippen LogP contribution in [0.4, 0.5) is 0 Å². The lowest BCUT2D eigenvalue weighted by Crippen LogP contribution is -2.43. The van der Waals surface area contributed by atoms with Crippen LogP contribution < -0.4 is 0 Å². The molecule has 1 fully saturated rings. The summed E-state index contributed by atoms with van der Waals surface area (Å²) >= 11 is 0. The average molecular weight is 319 g/mol. The lowest BCUT2D eigenvalue weighted by molar-refractivity contribution is 0.0578. The van der Waals surface area contributed by atoms with Gasteiger partial charge in [0.1, 0.15) is 0 Å². The van der Waals surface area contributed by atoms with Gasteiger partial charge in [0, 0.05) is 31.9 Å². The van der Waals surface area contributed by atoms with Crippen molar-refractivity contribution in [2.75, 3.05) is 27.4 Å². The Bertz CT molecular complexity index is 526. The fourth-order valence-electron chi connectivity index (χ4n) is 3.06. The Morgan fingerprint density at radius 1 is 1.13 bits per heavy atom. The smallest absolute Gasteiger partial charge is 0.337 e. The fourth-order valence-corrected chi connectivity index (χ4v) is 3.06. The van der Waals surface area contributed by atoms with E-state index in [9.17, 15) is 9.59 Å². The van der Waals surface area contributed by atoms with E-state index in [1.807, 2.05) is 4.90 Å². The number of ether oxygens (including phenoxy) is 2. The molecule has 0 N–H and O–H groups in total. The molecule has 0 radical (unpaired) electrons. The first-order chi connectivity index (χ1) is 11.2. The Labute approximate surface area is 137 Å². The summed E-state index contributed by atoms with van der Waals surface area (Å²) in [5, 5.41) is 0. The molecule has 0 saturated carbocycles. The summed E-state index contributed by atoms with van der Waals surface area (Å²) < 4.78 is 9.79. The first-order valence-electron chi connectivity index (χ1n) is 8.15. The Balaban J connectivity index is 2.05. The van der Waals surface area contributed by atoms with Crippen LogP contribution in [0.2, 0.25) is 0 Å². The number of esters is 1. The van der Waals surface area contributed by atoms with Crippen molar-refractivity contribution in [2.24, 2.45) is 0 Å². The zero-order valence-electron chi connectivity index (χ0n) is 13.9. The standard InChI is InChI=1S/C18H25NO4/c1-22-13-5-7-16-6-3-4-12-19(16)17(20)14-8-10-15(11-9-14)18(21)23-2/h8-11,16H,3-7,12-13H2,1-2H3/t16-/m1/s1. The predicted molar refractivity (Wildman–Crippen MR) is 87.6 cm³/mol. The van der Waals surface area contributed by atoms with E-state index < -0.39 is 0 Å². The largest absolute Gasteiger partial charge is 0.465 e. The molecule has 126 valence electrons. The van der Waals surface area contributed by atoms with Crippen LogP contribution in [0.25, 0.3) is 0 Å². The first kappa shape index (κ1) is 17.5. The van der Waals surface area contributed by atoms with Gasteiger partial charge in [0.25, 0.3) is 5.91 Å². The molecule has 1 aliphatic heterocycles. The Hall–Kier alpha value is -1.88. The number of rotatable bonds is 6. The van der Waals surface area contributed by atoms with Crippen LogP contribution in [-0.2, 0) is 9.47 Å². The van der Waals surface area contributed by atoms with Crippen molar-refractivity contribution in [1.29, 1.82) is 0 Å². The first-order valence-corrected chi connectivity index (χ1v) is 8.15. The molecule has 0 unspecified atom stereocenters. The van der Waals surface area contributed by atoms with Gasteiger partial charge in [-0.25, -0.2) is 4.79 Å². The molecule has 1 atom stereocenters. The van der Waals surface area contributed by atoms with Gasteiger partial charge in [-0.2, -0.15) is 0 Å². The van der Waals surface area contributed by atoms with E-state index in [1.54, 1.807) is 31.4 Å². The average Bonchev–Trinajstić information content (AvgIpc) is 2.61. The minimum atomic E-state index is -0.389. The number of carbonyl (C=O) groups excluding carboxylic acids is 2. The van der Waals surface area contributed by atoms with E-state index in [0.717, 1.165) is 38.8 Å². The van der Waals surface area contributed by atoms with E-state index in [0.29, 0.717) is 11.1 Å². The van der Waals surface area contributed by atoms with Crippen LogP contribution in [-0.4, -0.2) is 50.2 Å². The van der Waals surface area contributed by atoms with Crippen LogP contribution in [0.15, 0.2) is 24.3 Å². The third-order valence-corrected chi connectivity index (χ3v) is 4.33. The highest BCUT2D eigenvalue weighted by Crippen LogP contribution is 2.23. The topological polar surface area (TPSA) is 55.8 Å². The highest BCUT2D eigenvalue weighted by molar-refractivity contribution is 5.96. The molecule has 0 spiro atoms. The summed E-state index contributed by atoms with van der Waals surface area (Å²) in [5.74, 6) is -0.344. The van der Waals surface area contributed by atoms with Crippen LogP contribution in [0.1, 0.15) is 52.8 Å².